The number of nitrogens with two attached hydrogens (primary N) is 1. The predicted octanol–water partition coefficient (Wildman–Crippen LogP) is 0.242. The van der Waals surface area contributed by atoms with Crippen molar-refractivity contribution in [3.63, 3.8) is 0 Å². The van der Waals surface area contributed by atoms with Crippen LogP contribution in [0, 0.1) is 0 Å². The molecule has 0 heterocycles. The van der Waals surface area contributed by atoms with E-state index in [2.05, 4.69) is 0 Å². The molecule has 0 spiro atoms. The Morgan fingerprint density at radius 1 is 1.33 bits per heavy atom. The minimum absolute atomic E-state index is 0.0136. The van der Waals surface area contributed by atoms with Crippen LogP contribution in [0.1, 0.15) is 27.2 Å². The summed E-state index contributed by atoms with van der Waals surface area (Å²) in [5.74, 6) is 0. The minimum atomic E-state index is -3.31. The summed E-state index contributed by atoms with van der Waals surface area (Å²) < 4.78 is 26.9. The third-order valence-electron chi connectivity index (χ3n) is 2.25. The van der Waals surface area contributed by atoms with E-state index in [-0.39, 0.29) is 6.04 Å². The summed E-state index contributed by atoms with van der Waals surface area (Å²) in [6.07, 6.45) is 0.686. The first kappa shape index (κ1) is 14.8. The second kappa shape index (κ2) is 6.42. The van der Waals surface area contributed by atoms with Crippen LogP contribution in [0.2, 0.25) is 0 Å². The molecule has 0 aromatic rings. The van der Waals surface area contributed by atoms with Crippen molar-refractivity contribution in [1.29, 1.82) is 0 Å². The van der Waals surface area contributed by atoms with Gasteiger partial charge in [-0.2, -0.15) is 17.0 Å². The molecule has 0 bridgehead atoms. The SMILES string of the molecule is CCN(C(C)C)S(=O)(=O)N(C)CCCN. The van der Waals surface area contributed by atoms with Crippen LogP contribution >= 0.6 is 0 Å². The maximum atomic E-state index is 12.0. The second-order valence-electron chi connectivity index (χ2n) is 3.77. The monoisotopic (exact) mass is 237 g/mol. The molecule has 0 amide bonds. The molecule has 0 fully saturated rings. The molecular formula is C9H23N3O2S. The van der Waals surface area contributed by atoms with Gasteiger partial charge in [-0.3, -0.25) is 0 Å². The number of nitrogens with zero attached hydrogens (tertiary/aromatic N) is 2. The van der Waals surface area contributed by atoms with Gasteiger partial charge >= 0.3 is 0 Å². The number of rotatable bonds is 7. The Balaban J connectivity index is 4.63. The average molecular weight is 237 g/mol. The summed E-state index contributed by atoms with van der Waals surface area (Å²) in [4.78, 5) is 0. The van der Waals surface area contributed by atoms with Crippen LogP contribution in [0.5, 0.6) is 0 Å². The fraction of sp³-hybridized carbons (Fsp3) is 1.00. The van der Waals surface area contributed by atoms with Crippen molar-refractivity contribution >= 4 is 10.2 Å². The Morgan fingerprint density at radius 3 is 2.20 bits per heavy atom. The molecule has 0 atom stereocenters. The van der Waals surface area contributed by atoms with E-state index in [1.54, 1.807) is 7.05 Å². The summed E-state index contributed by atoms with van der Waals surface area (Å²) in [7, 11) is -1.72. The van der Waals surface area contributed by atoms with E-state index in [1.807, 2.05) is 20.8 Å². The lowest BCUT2D eigenvalue weighted by Crippen LogP contribution is -2.45. The number of hydrogen-bond donors (Lipinski definition) is 1. The maximum Gasteiger partial charge on any atom is 0.281 e. The smallest absolute Gasteiger partial charge is 0.281 e. The van der Waals surface area contributed by atoms with E-state index >= 15 is 0 Å². The molecule has 0 aliphatic heterocycles. The van der Waals surface area contributed by atoms with E-state index in [4.69, 9.17) is 5.73 Å². The van der Waals surface area contributed by atoms with E-state index < -0.39 is 10.2 Å². The third-order valence-corrected chi connectivity index (χ3v) is 4.50. The highest BCUT2D eigenvalue weighted by molar-refractivity contribution is 7.86. The van der Waals surface area contributed by atoms with Gasteiger partial charge in [0, 0.05) is 26.2 Å². The first-order chi connectivity index (χ1) is 6.87. The summed E-state index contributed by atoms with van der Waals surface area (Å²) in [6, 6.07) is -0.0136. The predicted molar refractivity (Wildman–Crippen MR) is 62.7 cm³/mol. The second-order valence-corrected chi connectivity index (χ2v) is 5.76. The number of hydrogen-bond acceptors (Lipinski definition) is 3. The van der Waals surface area contributed by atoms with Crippen LogP contribution in [-0.4, -0.2) is 49.8 Å². The normalized spacial score (nSPS) is 13.1. The molecule has 0 rings (SSSR count). The molecule has 2 N–H and O–H groups in total. The Hall–Kier alpha value is -0.170. The van der Waals surface area contributed by atoms with Crippen molar-refractivity contribution in [2.45, 2.75) is 33.2 Å². The van der Waals surface area contributed by atoms with E-state index in [1.165, 1.54) is 8.61 Å². The Kier molecular flexibility index (Phi) is 6.35. The first-order valence-corrected chi connectivity index (χ1v) is 6.70. The molecule has 0 radical (unpaired) electrons. The fourth-order valence-electron chi connectivity index (χ4n) is 1.40. The van der Waals surface area contributed by atoms with Crippen LogP contribution in [0.3, 0.4) is 0 Å². The van der Waals surface area contributed by atoms with Gasteiger partial charge in [-0.1, -0.05) is 6.92 Å². The minimum Gasteiger partial charge on any atom is -0.330 e. The van der Waals surface area contributed by atoms with Crippen molar-refractivity contribution in [3.8, 4) is 0 Å². The third kappa shape index (κ3) is 4.06. The van der Waals surface area contributed by atoms with Gasteiger partial charge in [0.2, 0.25) is 0 Å². The van der Waals surface area contributed by atoms with Gasteiger partial charge < -0.3 is 5.73 Å². The zero-order valence-corrected chi connectivity index (χ0v) is 10.9. The highest BCUT2D eigenvalue weighted by Crippen LogP contribution is 2.10. The molecule has 0 aliphatic rings. The van der Waals surface area contributed by atoms with Crippen molar-refractivity contribution in [2.24, 2.45) is 5.73 Å². The molecule has 6 heteroatoms. The van der Waals surface area contributed by atoms with Crippen LogP contribution in [0.25, 0.3) is 0 Å². The highest BCUT2D eigenvalue weighted by atomic mass is 32.2. The topological polar surface area (TPSA) is 66.6 Å². The van der Waals surface area contributed by atoms with Gasteiger partial charge in [0.25, 0.3) is 10.2 Å². The Bertz CT molecular complexity index is 265. The zero-order valence-electron chi connectivity index (χ0n) is 10.1. The fourth-order valence-corrected chi connectivity index (χ4v) is 2.98. The van der Waals surface area contributed by atoms with Gasteiger partial charge in [0.1, 0.15) is 0 Å². The van der Waals surface area contributed by atoms with Crippen LogP contribution < -0.4 is 5.73 Å². The standard InChI is InChI=1S/C9H23N3O2S/c1-5-12(9(2)3)15(13,14)11(4)8-6-7-10/h9H,5-8,10H2,1-4H3. The molecule has 0 aliphatic carbocycles. The van der Waals surface area contributed by atoms with Crippen molar-refractivity contribution < 1.29 is 8.42 Å². The molecule has 0 unspecified atom stereocenters. The summed E-state index contributed by atoms with van der Waals surface area (Å²) in [5.41, 5.74) is 5.35. The van der Waals surface area contributed by atoms with Crippen molar-refractivity contribution in [3.05, 3.63) is 0 Å². The van der Waals surface area contributed by atoms with Gasteiger partial charge in [-0.05, 0) is 26.8 Å². The lowest BCUT2D eigenvalue weighted by Gasteiger charge is -2.29. The van der Waals surface area contributed by atoms with Crippen LogP contribution in [0.4, 0.5) is 0 Å². The molecule has 0 saturated heterocycles. The van der Waals surface area contributed by atoms with E-state index in [0.717, 1.165) is 0 Å². The molecular weight excluding hydrogens is 214 g/mol. The van der Waals surface area contributed by atoms with Gasteiger partial charge in [-0.25, -0.2) is 0 Å². The first-order valence-electron chi connectivity index (χ1n) is 5.31. The van der Waals surface area contributed by atoms with E-state index in [9.17, 15) is 8.42 Å². The van der Waals surface area contributed by atoms with Crippen molar-refractivity contribution in [2.75, 3.05) is 26.7 Å². The Labute approximate surface area is 93.4 Å². The quantitative estimate of drug-likeness (QED) is 0.690. The lowest BCUT2D eigenvalue weighted by molar-refractivity contribution is 0.328. The summed E-state index contributed by atoms with van der Waals surface area (Å²) in [6.45, 7) is 7.06. The van der Waals surface area contributed by atoms with Crippen LogP contribution in [-0.2, 0) is 10.2 Å². The molecule has 0 aromatic heterocycles. The van der Waals surface area contributed by atoms with Gasteiger partial charge in [0.15, 0.2) is 0 Å². The van der Waals surface area contributed by atoms with Crippen molar-refractivity contribution in [1.82, 2.24) is 8.61 Å². The zero-order chi connectivity index (χ0) is 12.1. The molecule has 0 saturated carbocycles. The maximum absolute atomic E-state index is 12.0. The molecule has 5 nitrogen and oxygen atoms in total. The summed E-state index contributed by atoms with van der Waals surface area (Å²) in [5, 5.41) is 0. The van der Waals surface area contributed by atoms with Gasteiger partial charge in [0.05, 0.1) is 0 Å². The molecule has 15 heavy (non-hydrogen) atoms. The van der Waals surface area contributed by atoms with Gasteiger partial charge in [-0.15, -0.1) is 0 Å². The largest absolute Gasteiger partial charge is 0.330 e. The van der Waals surface area contributed by atoms with E-state index in [0.29, 0.717) is 26.1 Å². The van der Waals surface area contributed by atoms with Crippen LogP contribution in [0.15, 0.2) is 0 Å². The molecule has 92 valence electrons. The molecule has 0 aromatic carbocycles. The lowest BCUT2D eigenvalue weighted by atomic mass is 10.4. The average Bonchev–Trinajstić information content (AvgIpc) is 2.13. The Morgan fingerprint density at radius 2 is 1.87 bits per heavy atom. The highest BCUT2D eigenvalue weighted by Gasteiger charge is 2.27. The summed E-state index contributed by atoms with van der Waals surface area (Å²) >= 11 is 0.